The highest BCUT2D eigenvalue weighted by molar-refractivity contribution is 5.95. The highest BCUT2D eigenvalue weighted by Crippen LogP contribution is 2.26. The Morgan fingerprint density at radius 3 is 2.58 bits per heavy atom. The minimum atomic E-state index is -0.478. The maximum atomic E-state index is 13.6. The number of ether oxygens (including phenoxy) is 1. The van der Waals surface area contributed by atoms with E-state index in [0.717, 1.165) is 42.5 Å². The zero-order chi connectivity index (χ0) is 24.2. The Labute approximate surface area is 197 Å². The second-order valence-electron chi connectivity index (χ2n) is 10.5. The third kappa shape index (κ3) is 6.56. The second-order valence-corrected chi connectivity index (χ2v) is 10.5. The first-order chi connectivity index (χ1) is 15.6. The molecule has 1 aromatic carbocycles. The van der Waals surface area contributed by atoms with Gasteiger partial charge in [-0.2, -0.15) is 0 Å². The molecule has 7 nitrogen and oxygen atoms in total. The van der Waals surface area contributed by atoms with E-state index in [1.807, 2.05) is 57.7 Å². The number of carbonyl (C=O) groups is 3. The van der Waals surface area contributed by atoms with Gasteiger partial charge in [-0.15, -0.1) is 0 Å². The Morgan fingerprint density at radius 1 is 1.15 bits per heavy atom. The van der Waals surface area contributed by atoms with Crippen LogP contribution in [0.2, 0.25) is 0 Å². The van der Waals surface area contributed by atoms with Crippen molar-refractivity contribution in [2.24, 2.45) is 11.3 Å². The molecule has 3 rings (SSSR count). The van der Waals surface area contributed by atoms with E-state index in [9.17, 15) is 14.4 Å². The Bertz CT molecular complexity index is 871. The van der Waals surface area contributed by atoms with Gasteiger partial charge in [0.25, 0.3) is 0 Å². The van der Waals surface area contributed by atoms with Crippen LogP contribution in [0.15, 0.2) is 18.2 Å². The standard InChI is InChI=1S/C26H39N3O4/c1-18-9-6-12-22(19(18)2)27-23(30)17-29(16-21-11-8-14-33-21)24(31)20-10-7-13-28(15-20)25(32)26(3,4)5/h6,9,12,20-21H,7-8,10-11,13-17H2,1-5H3,(H,27,30). The minimum absolute atomic E-state index is 0.0181. The quantitative estimate of drug-likeness (QED) is 0.709. The number of nitrogens with zero attached hydrogens (tertiary/aromatic N) is 2. The average Bonchev–Trinajstić information content (AvgIpc) is 3.28. The lowest BCUT2D eigenvalue weighted by atomic mass is 9.90. The van der Waals surface area contributed by atoms with Crippen LogP contribution in [0.25, 0.3) is 0 Å². The lowest BCUT2D eigenvalue weighted by Crippen LogP contribution is -2.51. The van der Waals surface area contributed by atoms with Crippen LogP contribution >= 0.6 is 0 Å². The first-order valence-corrected chi connectivity index (χ1v) is 12.1. The molecule has 0 radical (unpaired) electrons. The third-order valence-electron chi connectivity index (χ3n) is 6.67. The molecule has 0 bridgehead atoms. The summed E-state index contributed by atoms with van der Waals surface area (Å²) in [7, 11) is 0. The number of likely N-dealkylation sites (tertiary alicyclic amines) is 1. The lowest BCUT2D eigenvalue weighted by Gasteiger charge is -2.38. The van der Waals surface area contributed by atoms with Crippen LogP contribution in [0.1, 0.15) is 57.6 Å². The van der Waals surface area contributed by atoms with Gasteiger partial charge in [-0.05, 0) is 56.7 Å². The number of aryl methyl sites for hydroxylation is 1. The van der Waals surface area contributed by atoms with Gasteiger partial charge in [0, 0.05) is 37.3 Å². The fraction of sp³-hybridized carbons (Fsp3) is 0.654. The fourth-order valence-electron chi connectivity index (χ4n) is 4.61. The highest BCUT2D eigenvalue weighted by atomic mass is 16.5. The van der Waals surface area contributed by atoms with E-state index in [0.29, 0.717) is 26.2 Å². The van der Waals surface area contributed by atoms with Crippen molar-refractivity contribution < 1.29 is 19.1 Å². The first kappa shape index (κ1) is 25.2. The molecule has 2 aliphatic rings. The van der Waals surface area contributed by atoms with Gasteiger partial charge >= 0.3 is 0 Å². The largest absolute Gasteiger partial charge is 0.376 e. The summed E-state index contributed by atoms with van der Waals surface area (Å²) in [5.74, 6) is -0.500. The number of anilines is 1. The molecule has 0 aliphatic carbocycles. The number of amides is 3. The molecule has 2 fully saturated rings. The van der Waals surface area contributed by atoms with E-state index in [1.165, 1.54) is 0 Å². The maximum Gasteiger partial charge on any atom is 0.244 e. The second kappa shape index (κ2) is 10.7. The Hall–Kier alpha value is -2.41. The molecular formula is C26H39N3O4. The van der Waals surface area contributed by atoms with Crippen LogP contribution < -0.4 is 5.32 Å². The topological polar surface area (TPSA) is 79.0 Å². The van der Waals surface area contributed by atoms with Gasteiger partial charge in [0.2, 0.25) is 17.7 Å². The van der Waals surface area contributed by atoms with Gasteiger partial charge in [0.1, 0.15) is 0 Å². The van der Waals surface area contributed by atoms with E-state index in [2.05, 4.69) is 5.32 Å². The normalized spacial score (nSPS) is 21.1. The molecule has 1 N–H and O–H groups in total. The number of piperidine rings is 1. The number of benzene rings is 1. The molecule has 33 heavy (non-hydrogen) atoms. The van der Waals surface area contributed by atoms with E-state index >= 15 is 0 Å². The van der Waals surface area contributed by atoms with Crippen molar-refractivity contribution in [2.45, 2.75) is 66.4 Å². The summed E-state index contributed by atoms with van der Waals surface area (Å²) in [6, 6.07) is 5.80. The van der Waals surface area contributed by atoms with Gasteiger partial charge in [-0.3, -0.25) is 14.4 Å². The maximum absolute atomic E-state index is 13.6. The van der Waals surface area contributed by atoms with Crippen LogP contribution in [-0.4, -0.2) is 66.4 Å². The predicted molar refractivity (Wildman–Crippen MR) is 129 cm³/mol. The number of hydrogen-bond acceptors (Lipinski definition) is 4. The van der Waals surface area contributed by atoms with Crippen molar-refractivity contribution in [1.29, 1.82) is 0 Å². The monoisotopic (exact) mass is 457 g/mol. The van der Waals surface area contributed by atoms with E-state index in [-0.39, 0.29) is 36.3 Å². The Morgan fingerprint density at radius 2 is 1.91 bits per heavy atom. The summed E-state index contributed by atoms with van der Waals surface area (Å²) >= 11 is 0. The Balaban J connectivity index is 1.71. The molecule has 0 spiro atoms. The zero-order valence-electron chi connectivity index (χ0n) is 20.8. The number of carbonyl (C=O) groups excluding carboxylic acids is 3. The SMILES string of the molecule is Cc1cccc(NC(=O)CN(CC2CCCO2)C(=O)C2CCCN(C(=O)C(C)(C)C)C2)c1C. The average molecular weight is 458 g/mol. The molecule has 0 aromatic heterocycles. The summed E-state index contributed by atoms with van der Waals surface area (Å²) in [6.45, 7) is 11.9. The van der Waals surface area contributed by atoms with Crippen molar-refractivity contribution >= 4 is 23.4 Å². The smallest absolute Gasteiger partial charge is 0.244 e. The van der Waals surface area contributed by atoms with Crippen LogP contribution in [0, 0.1) is 25.2 Å². The number of hydrogen-bond donors (Lipinski definition) is 1. The van der Waals surface area contributed by atoms with E-state index in [1.54, 1.807) is 4.90 Å². The lowest BCUT2D eigenvalue weighted by molar-refractivity contribution is -0.147. The predicted octanol–water partition coefficient (Wildman–Crippen LogP) is 3.53. The first-order valence-electron chi connectivity index (χ1n) is 12.1. The fourth-order valence-corrected chi connectivity index (χ4v) is 4.61. The van der Waals surface area contributed by atoms with Gasteiger partial charge in [-0.25, -0.2) is 0 Å². The van der Waals surface area contributed by atoms with Crippen molar-refractivity contribution in [1.82, 2.24) is 9.80 Å². The molecule has 0 saturated carbocycles. The molecule has 2 atom stereocenters. The molecular weight excluding hydrogens is 418 g/mol. The molecule has 2 heterocycles. The number of nitrogens with one attached hydrogen (secondary N) is 1. The zero-order valence-corrected chi connectivity index (χ0v) is 20.8. The molecule has 2 unspecified atom stereocenters. The van der Waals surface area contributed by atoms with E-state index in [4.69, 9.17) is 4.74 Å². The summed E-state index contributed by atoms with van der Waals surface area (Å²) in [6.07, 6.45) is 3.34. The van der Waals surface area contributed by atoms with Gasteiger partial charge in [0.15, 0.2) is 0 Å². The molecule has 2 saturated heterocycles. The van der Waals surface area contributed by atoms with Crippen molar-refractivity contribution in [3.8, 4) is 0 Å². The highest BCUT2D eigenvalue weighted by Gasteiger charge is 2.36. The third-order valence-corrected chi connectivity index (χ3v) is 6.67. The number of rotatable bonds is 6. The van der Waals surface area contributed by atoms with Crippen molar-refractivity contribution in [3.63, 3.8) is 0 Å². The molecule has 1 aromatic rings. The van der Waals surface area contributed by atoms with Crippen LogP contribution in [0.3, 0.4) is 0 Å². The molecule has 182 valence electrons. The summed E-state index contributed by atoms with van der Waals surface area (Å²) < 4.78 is 5.77. The van der Waals surface area contributed by atoms with Crippen molar-refractivity contribution in [2.75, 3.05) is 38.1 Å². The van der Waals surface area contributed by atoms with Gasteiger partial charge < -0.3 is 19.9 Å². The Kier molecular flexibility index (Phi) is 8.16. The van der Waals surface area contributed by atoms with Crippen LogP contribution in [-0.2, 0) is 19.1 Å². The summed E-state index contributed by atoms with van der Waals surface area (Å²) in [4.78, 5) is 42.8. The molecule has 3 amide bonds. The van der Waals surface area contributed by atoms with Crippen LogP contribution in [0.5, 0.6) is 0 Å². The van der Waals surface area contributed by atoms with Crippen LogP contribution in [0.4, 0.5) is 5.69 Å². The molecule has 7 heteroatoms. The van der Waals surface area contributed by atoms with Crippen molar-refractivity contribution in [3.05, 3.63) is 29.3 Å². The minimum Gasteiger partial charge on any atom is -0.376 e. The van der Waals surface area contributed by atoms with Gasteiger partial charge in [0.05, 0.1) is 18.6 Å². The summed E-state index contributed by atoms with van der Waals surface area (Å²) in [5.41, 5.74) is 2.41. The van der Waals surface area contributed by atoms with Gasteiger partial charge in [-0.1, -0.05) is 32.9 Å². The molecule has 2 aliphatic heterocycles. The summed E-state index contributed by atoms with van der Waals surface area (Å²) in [5, 5.41) is 2.97. The van der Waals surface area contributed by atoms with E-state index < -0.39 is 5.41 Å².